The molecule has 21 heavy (non-hydrogen) atoms. The summed E-state index contributed by atoms with van der Waals surface area (Å²) in [5, 5.41) is 0. The second-order valence-corrected chi connectivity index (χ2v) is 6.22. The van der Waals surface area contributed by atoms with Gasteiger partial charge in [-0.05, 0) is 36.4 Å². The maximum Gasteiger partial charge on any atom is 0.0237 e. The van der Waals surface area contributed by atoms with Crippen LogP contribution in [0.1, 0.15) is 37.8 Å². The van der Waals surface area contributed by atoms with E-state index < -0.39 is 0 Å². The van der Waals surface area contributed by atoms with E-state index in [1.165, 1.54) is 30.5 Å². The highest BCUT2D eigenvalue weighted by molar-refractivity contribution is 5.17. The maximum atomic E-state index is 2.56. The van der Waals surface area contributed by atoms with Gasteiger partial charge in [0.15, 0.2) is 0 Å². The van der Waals surface area contributed by atoms with Crippen molar-refractivity contribution in [2.24, 2.45) is 5.92 Å². The highest BCUT2D eigenvalue weighted by Crippen LogP contribution is 2.12. The number of benzene rings is 2. The van der Waals surface area contributed by atoms with Crippen LogP contribution in [0.4, 0.5) is 0 Å². The minimum absolute atomic E-state index is 0.792. The third kappa shape index (κ3) is 6.14. The summed E-state index contributed by atoms with van der Waals surface area (Å²) < 4.78 is 0. The molecular weight excluding hydrogens is 254 g/mol. The molecule has 0 saturated heterocycles. The molecule has 1 heteroatoms. The lowest BCUT2D eigenvalue weighted by Gasteiger charge is -2.23. The second kappa shape index (κ2) is 8.63. The first-order valence-electron chi connectivity index (χ1n) is 8.04. The normalized spacial score (nSPS) is 11.2. The van der Waals surface area contributed by atoms with E-state index in [0.29, 0.717) is 0 Å². The fourth-order valence-corrected chi connectivity index (χ4v) is 2.62. The van der Waals surface area contributed by atoms with E-state index in [9.17, 15) is 0 Å². The fraction of sp³-hybridized carbons (Fsp3) is 0.400. The van der Waals surface area contributed by atoms with Gasteiger partial charge in [0.25, 0.3) is 0 Å². The molecule has 0 aliphatic carbocycles. The number of nitrogens with zero attached hydrogens (tertiary/aromatic N) is 1. The van der Waals surface area contributed by atoms with Gasteiger partial charge >= 0.3 is 0 Å². The Morgan fingerprint density at radius 3 is 1.67 bits per heavy atom. The molecule has 0 saturated carbocycles. The first-order valence-corrected chi connectivity index (χ1v) is 8.04. The minimum Gasteiger partial charge on any atom is -0.295 e. The van der Waals surface area contributed by atoms with E-state index in [0.717, 1.165) is 19.0 Å². The molecule has 0 N–H and O–H groups in total. The lowest BCUT2D eigenvalue weighted by Crippen LogP contribution is -2.24. The highest BCUT2D eigenvalue weighted by atomic mass is 15.1. The Morgan fingerprint density at radius 1 is 0.762 bits per heavy atom. The van der Waals surface area contributed by atoms with Crippen LogP contribution in [0.2, 0.25) is 0 Å². The van der Waals surface area contributed by atoms with E-state index in [1.54, 1.807) is 0 Å². The molecule has 0 fully saturated rings. The van der Waals surface area contributed by atoms with E-state index >= 15 is 0 Å². The third-order valence-corrected chi connectivity index (χ3v) is 3.75. The van der Waals surface area contributed by atoms with Crippen molar-refractivity contribution in [3.05, 3.63) is 71.8 Å². The first kappa shape index (κ1) is 15.8. The molecule has 0 aromatic heterocycles. The molecule has 0 amide bonds. The van der Waals surface area contributed by atoms with Gasteiger partial charge in [-0.25, -0.2) is 0 Å². The van der Waals surface area contributed by atoms with Gasteiger partial charge in [-0.3, -0.25) is 4.90 Å². The van der Waals surface area contributed by atoms with Crippen molar-refractivity contribution >= 4 is 0 Å². The summed E-state index contributed by atoms with van der Waals surface area (Å²) >= 11 is 0. The summed E-state index contributed by atoms with van der Waals surface area (Å²) in [4.78, 5) is 2.56. The molecule has 0 radical (unpaired) electrons. The van der Waals surface area contributed by atoms with Gasteiger partial charge in [-0.15, -0.1) is 0 Å². The molecule has 0 aliphatic rings. The Bertz CT molecular complexity index is 448. The molecule has 0 heterocycles. The van der Waals surface area contributed by atoms with Gasteiger partial charge in [0.05, 0.1) is 0 Å². The van der Waals surface area contributed by atoms with Crippen LogP contribution in [0.5, 0.6) is 0 Å². The van der Waals surface area contributed by atoms with Gasteiger partial charge in [0, 0.05) is 13.1 Å². The number of hydrogen-bond donors (Lipinski definition) is 0. The highest BCUT2D eigenvalue weighted by Gasteiger charge is 2.07. The minimum atomic E-state index is 0.792. The Kier molecular flexibility index (Phi) is 6.49. The maximum absolute atomic E-state index is 2.56. The van der Waals surface area contributed by atoms with Gasteiger partial charge in [0.2, 0.25) is 0 Å². The van der Waals surface area contributed by atoms with Crippen LogP contribution < -0.4 is 0 Å². The molecule has 0 unspecified atom stereocenters. The summed E-state index contributed by atoms with van der Waals surface area (Å²) in [5.41, 5.74) is 2.80. The Labute approximate surface area is 129 Å². The zero-order chi connectivity index (χ0) is 14.9. The van der Waals surface area contributed by atoms with Gasteiger partial charge in [-0.1, -0.05) is 74.5 Å². The van der Waals surface area contributed by atoms with Gasteiger partial charge in [0.1, 0.15) is 0 Å². The molecule has 2 aromatic carbocycles. The van der Waals surface area contributed by atoms with E-state index in [4.69, 9.17) is 0 Å². The number of rotatable bonds is 8. The summed E-state index contributed by atoms with van der Waals surface area (Å²) in [6.45, 7) is 7.85. The molecule has 0 spiro atoms. The average Bonchev–Trinajstić information content (AvgIpc) is 2.49. The second-order valence-electron chi connectivity index (χ2n) is 6.22. The van der Waals surface area contributed by atoms with Crippen molar-refractivity contribution in [2.45, 2.75) is 39.8 Å². The smallest absolute Gasteiger partial charge is 0.0237 e. The van der Waals surface area contributed by atoms with Crippen LogP contribution in [0.15, 0.2) is 60.7 Å². The SMILES string of the molecule is CC(C)CCCN(Cc1ccccc1)Cc1ccccc1. The molecule has 2 aromatic rings. The van der Waals surface area contributed by atoms with Crippen LogP contribution >= 0.6 is 0 Å². The predicted octanol–water partition coefficient (Wildman–Crippen LogP) is 5.13. The van der Waals surface area contributed by atoms with Crippen LogP contribution in [0.25, 0.3) is 0 Å². The van der Waals surface area contributed by atoms with Crippen molar-refractivity contribution in [1.29, 1.82) is 0 Å². The summed E-state index contributed by atoms with van der Waals surface area (Å²) in [6.07, 6.45) is 2.58. The van der Waals surface area contributed by atoms with Gasteiger partial charge < -0.3 is 0 Å². The molecule has 112 valence electrons. The van der Waals surface area contributed by atoms with E-state index in [1.807, 2.05) is 0 Å². The lowest BCUT2D eigenvalue weighted by atomic mass is 10.1. The zero-order valence-electron chi connectivity index (χ0n) is 13.3. The summed E-state index contributed by atoms with van der Waals surface area (Å²) in [5.74, 6) is 0.792. The van der Waals surface area contributed by atoms with E-state index in [-0.39, 0.29) is 0 Å². The van der Waals surface area contributed by atoms with E-state index in [2.05, 4.69) is 79.4 Å². The third-order valence-electron chi connectivity index (χ3n) is 3.75. The Balaban J connectivity index is 1.96. The van der Waals surface area contributed by atoms with Crippen molar-refractivity contribution < 1.29 is 0 Å². The van der Waals surface area contributed by atoms with Crippen LogP contribution in [0, 0.1) is 5.92 Å². The zero-order valence-corrected chi connectivity index (χ0v) is 13.3. The van der Waals surface area contributed by atoms with Crippen molar-refractivity contribution in [3.63, 3.8) is 0 Å². The lowest BCUT2D eigenvalue weighted by molar-refractivity contribution is 0.246. The summed E-state index contributed by atoms with van der Waals surface area (Å²) in [6, 6.07) is 21.6. The molecule has 0 aliphatic heterocycles. The Morgan fingerprint density at radius 2 is 1.24 bits per heavy atom. The van der Waals surface area contributed by atoms with Crippen molar-refractivity contribution in [3.8, 4) is 0 Å². The standard InChI is InChI=1S/C20H27N/c1-18(2)10-9-15-21(16-19-11-5-3-6-12-19)17-20-13-7-4-8-14-20/h3-8,11-14,18H,9-10,15-17H2,1-2H3. The first-order chi connectivity index (χ1) is 10.2. The summed E-state index contributed by atoms with van der Waals surface area (Å²) in [7, 11) is 0. The monoisotopic (exact) mass is 281 g/mol. The molecular formula is C20H27N. The fourth-order valence-electron chi connectivity index (χ4n) is 2.62. The largest absolute Gasteiger partial charge is 0.295 e. The molecule has 1 nitrogen and oxygen atoms in total. The van der Waals surface area contributed by atoms with Crippen LogP contribution in [-0.4, -0.2) is 11.4 Å². The van der Waals surface area contributed by atoms with Crippen molar-refractivity contribution in [2.75, 3.05) is 6.54 Å². The number of hydrogen-bond acceptors (Lipinski definition) is 1. The van der Waals surface area contributed by atoms with Crippen LogP contribution in [0.3, 0.4) is 0 Å². The molecule has 0 atom stereocenters. The quantitative estimate of drug-likeness (QED) is 0.648. The predicted molar refractivity (Wildman–Crippen MR) is 91.1 cm³/mol. The van der Waals surface area contributed by atoms with Crippen LogP contribution in [-0.2, 0) is 13.1 Å². The molecule has 0 bridgehead atoms. The Hall–Kier alpha value is -1.60. The topological polar surface area (TPSA) is 3.24 Å². The average molecular weight is 281 g/mol. The molecule has 2 rings (SSSR count). The van der Waals surface area contributed by atoms with Gasteiger partial charge in [-0.2, -0.15) is 0 Å². The van der Waals surface area contributed by atoms with Crippen molar-refractivity contribution in [1.82, 2.24) is 4.90 Å².